The maximum Gasteiger partial charge on any atom is 0.250 e. The lowest BCUT2D eigenvalue weighted by atomic mass is 10.3. The molecule has 1 amide bonds. The zero-order valence-corrected chi connectivity index (χ0v) is 17.6. The molecule has 0 aliphatic rings. The first-order valence-electron chi connectivity index (χ1n) is 9.03. The summed E-state index contributed by atoms with van der Waals surface area (Å²) in [4.78, 5) is 16.0. The molecule has 2 N–H and O–H groups in total. The Morgan fingerprint density at radius 1 is 1.27 bits per heavy atom. The molecule has 154 valence electrons. The standard InChI is InChI=1S/C20H20ClN7OS/c1-2-10-28-18(13-23-17-7-5-16(21)6-8-17)25-27-20(28)30-14-19(29)26-24-12-15-4-3-9-22-11-15/h2-9,11-12,23H,1,10,13-14H2,(H,26,29)/b24-12-. The van der Waals surface area contributed by atoms with Gasteiger partial charge in [0.15, 0.2) is 11.0 Å². The summed E-state index contributed by atoms with van der Waals surface area (Å²) < 4.78 is 1.91. The number of anilines is 1. The van der Waals surface area contributed by atoms with Gasteiger partial charge in [0.05, 0.1) is 18.5 Å². The second-order valence-corrected chi connectivity index (χ2v) is 7.41. The number of hydrazone groups is 1. The highest BCUT2D eigenvalue weighted by atomic mass is 35.5. The van der Waals surface area contributed by atoms with Crippen molar-refractivity contribution in [3.63, 3.8) is 0 Å². The van der Waals surface area contributed by atoms with Crippen molar-refractivity contribution in [3.8, 4) is 0 Å². The van der Waals surface area contributed by atoms with Crippen molar-refractivity contribution < 1.29 is 4.79 Å². The number of rotatable bonds is 10. The zero-order valence-electron chi connectivity index (χ0n) is 16.0. The molecule has 3 rings (SSSR count). The molecule has 8 nitrogen and oxygen atoms in total. The highest BCUT2D eigenvalue weighted by Gasteiger charge is 2.13. The molecular formula is C20H20ClN7OS. The Hall–Kier alpha value is -3.17. The molecule has 0 unspecified atom stereocenters. The van der Waals surface area contributed by atoms with Gasteiger partial charge >= 0.3 is 0 Å². The van der Waals surface area contributed by atoms with E-state index in [0.29, 0.717) is 23.3 Å². The fourth-order valence-corrected chi connectivity index (χ4v) is 3.30. The molecule has 2 heterocycles. The molecular weight excluding hydrogens is 422 g/mol. The number of thioether (sulfide) groups is 1. The number of halogens is 1. The van der Waals surface area contributed by atoms with Crippen LogP contribution in [-0.2, 0) is 17.9 Å². The smallest absolute Gasteiger partial charge is 0.250 e. The van der Waals surface area contributed by atoms with Crippen molar-refractivity contribution >= 4 is 41.2 Å². The van der Waals surface area contributed by atoms with E-state index in [9.17, 15) is 4.79 Å². The molecule has 0 aliphatic heterocycles. The van der Waals surface area contributed by atoms with Crippen molar-refractivity contribution in [1.82, 2.24) is 25.2 Å². The van der Waals surface area contributed by atoms with E-state index >= 15 is 0 Å². The number of carbonyl (C=O) groups excluding carboxylic acids is 1. The molecule has 10 heteroatoms. The van der Waals surface area contributed by atoms with Gasteiger partial charge in [0, 0.05) is 35.2 Å². The number of nitrogens with zero attached hydrogens (tertiary/aromatic N) is 5. The van der Waals surface area contributed by atoms with Crippen LogP contribution < -0.4 is 10.7 Å². The second-order valence-electron chi connectivity index (χ2n) is 6.03. The predicted octanol–water partition coefficient (Wildman–Crippen LogP) is 3.37. The van der Waals surface area contributed by atoms with Crippen LogP contribution in [-0.4, -0.2) is 37.6 Å². The number of hydrogen-bond donors (Lipinski definition) is 2. The average Bonchev–Trinajstić information content (AvgIpc) is 3.14. The van der Waals surface area contributed by atoms with Gasteiger partial charge in [-0.05, 0) is 30.3 Å². The third-order valence-corrected chi connectivity index (χ3v) is 5.04. The topological polar surface area (TPSA) is 97.1 Å². The maximum absolute atomic E-state index is 12.1. The van der Waals surface area contributed by atoms with Gasteiger partial charge in [-0.15, -0.1) is 16.8 Å². The van der Waals surface area contributed by atoms with Crippen LogP contribution in [0.25, 0.3) is 0 Å². The summed E-state index contributed by atoms with van der Waals surface area (Å²) in [6, 6.07) is 11.1. The molecule has 3 aromatic rings. The van der Waals surface area contributed by atoms with Gasteiger partial charge in [-0.3, -0.25) is 9.78 Å². The highest BCUT2D eigenvalue weighted by Crippen LogP contribution is 2.19. The first-order chi connectivity index (χ1) is 14.7. The van der Waals surface area contributed by atoms with Gasteiger partial charge in [-0.1, -0.05) is 35.5 Å². The first kappa shape index (κ1) is 21.5. The lowest BCUT2D eigenvalue weighted by molar-refractivity contribution is -0.118. The van der Waals surface area contributed by atoms with E-state index in [0.717, 1.165) is 17.1 Å². The monoisotopic (exact) mass is 441 g/mol. The van der Waals surface area contributed by atoms with Crippen molar-refractivity contribution in [2.24, 2.45) is 5.10 Å². The third-order valence-electron chi connectivity index (χ3n) is 3.82. The lowest BCUT2D eigenvalue weighted by Crippen LogP contribution is -2.20. The molecule has 1 aromatic carbocycles. The van der Waals surface area contributed by atoms with Crippen LogP contribution in [0.4, 0.5) is 5.69 Å². The van der Waals surface area contributed by atoms with E-state index in [2.05, 4.69) is 37.6 Å². The van der Waals surface area contributed by atoms with Crippen LogP contribution in [0.1, 0.15) is 11.4 Å². The van der Waals surface area contributed by atoms with Crippen LogP contribution in [0.15, 0.2) is 71.7 Å². The quantitative estimate of drug-likeness (QED) is 0.217. The van der Waals surface area contributed by atoms with Gasteiger partial charge in [0.1, 0.15) is 0 Å². The fourth-order valence-electron chi connectivity index (χ4n) is 2.41. The van der Waals surface area contributed by atoms with Crippen LogP contribution >= 0.6 is 23.4 Å². The number of pyridine rings is 1. The van der Waals surface area contributed by atoms with Crippen LogP contribution in [0, 0.1) is 0 Å². The molecule has 0 fully saturated rings. The number of aromatic nitrogens is 4. The molecule has 0 saturated heterocycles. The lowest BCUT2D eigenvalue weighted by Gasteiger charge is -2.09. The predicted molar refractivity (Wildman–Crippen MR) is 120 cm³/mol. The normalized spacial score (nSPS) is 10.8. The minimum Gasteiger partial charge on any atom is -0.378 e. The number of hydrogen-bond acceptors (Lipinski definition) is 7. The Kier molecular flexibility index (Phi) is 7.99. The van der Waals surface area contributed by atoms with Crippen molar-refractivity contribution in [1.29, 1.82) is 0 Å². The molecule has 30 heavy (non-hydrogen) atoms. The van der Waals surface area contributed by atoms with E-state index in [1.807, 2.05) is 34.9 Å². The van der Waals surface area contributed by atoms with Gasteiger partial charge in [0.25, 0.3) is 5.91 Å². The number of allylic oxidation sites excluding steroid dienone is 1. The summed E-state index contributed by atoms with van der Waals surface area (Å²) in [6.07, 6.45) is 6.63. The van der Waals surface area contributed by atoms with Gasteiger partial charge in [-0.2, -0.15) is 5.10 Å². The van der Waals surface area contributed by atoms with Crippen molar-refractivity contribution in [2.75, 3.05) is 11.1 Å². The summed E-state index contributed by atoms with van der Waals surface area (Å²) >= 11 is 7.19. The minimum atomic E-state index is -0.242. The van der Waals surface area contributed by atoms with Crippen molar-refractivity contribution in [3.05, 3.63) is 77.9 Å². The average molecular weight is 442 g/mol. The second kappa shape index (κ2) is 11.1. The van der Waals surface area contributed by atoms with Crippen LogP contribution in [0.3, 0.4) is 0 Å². The fraction of sp³-hybridized carbons (Fsp3) is 0.150. The summed E-state index contributed by atoms with van der Waals surface area (Å²) in [5.41, 5.74) is 4.22. The Morgan fingerprint density at radius 2 is 2.10 bits per heavy atom. The molecule has 0 bridgehead atoms. The van der Waals surface area contributed by atoms with Crippen LogP contribution in [0.5, 0.6) is 0 Å². The number of benzene rings is 1. The molecule has 0 radical (unpaired) electrons. The first-order valence-corrected chi connectivity index (χ1v) is 10.4. The van der Waals surface area contributed by atoms with E-state index in [4.69, 9.17) is 11.6 Å². The zero-order chi connectivity index (χ0) is 21.2. The minimum absolute atomic E-state index is 0.157. The summed E-state index contributed by atoms with van der Waals surface area (Å²) in [5.74, 6) is 0.654. The maximum atomic E-state index is 12.1. The van der Waals surface area contributed by atoms with Crippen LogP contribution in [0.2, 0.25) is 5.02 Å². The summed E-state index contributed by atoms with van der Waals surface area (Å²) in [6.45, 7) is 4.80. The molecule has 2 aromatic heterocycles. The van der Waals surface area contributed by atoms with Gasteiger partial charge in [0.2, 0.25) is 0 Å². The highest BCUT2D eigenvalue weighted by molar-refractivity contribution is 7.99. The number of carbonyl (C=O) groups is 1. The summed E-state index contributed by atoms with van der Waals surface area (Å²) in [7, 11) is 0. The SMILES string of the molecule is C=CCn1c(CNc2ccc(Cl)cc2)nnc1SCC(=O)N/N=C\c1cccnc1. The molecule has 0 saturated carbocycles. The molecule has 0 spiro atoms. The Bertz CT molecular complexity index is 1010. The number of amides is 1. The number of nitrogens with one attached hydrogen (secondary N) is 2. The Labute approximate surface area is 183 Å². The van der Waals surface area contributed by atoms with Gasteiger partial charge in [-0.25, -0.2) is 5.43 Å². The molecule has 0 aliphatic carbocycles. The van der Waals surface area contributed by atoms with Crippen molar-refractivity contribution in [2.45, 2.75) is 18.2 Å². The largest absolute Gasteiger partial charge is 0.378 e. The van der Waals surface area contributed by atoms with E-state index < -0.39 is 0 Å². The van der Waals surface area contributed by atoms with E-state index in [1.165, 1.54) is 18.0 Å². The van der Waals surface area contributed by atoms with Gasteiger partial charge < -0.3 is 9.88 Å². The third kappa shape index (κ3) is 6.43. The molecule has 0 atom stereocenters. The summed E-state index contributed by atoms with van der Waals surface area (Å²) in [5, 5.41) is 17.0. The van der Waals surface area contributed by atoms with E-state index in [1.54, 1.807) is 24.5 Å². The Balaban J connectivity index is 1.54. The Morgan fingerprint density at radius 3 is 2.83 bits per heavy atom. The van der Waals surface area contributed by atoms with E-state index in [-0.39, 0.29) is 11.7 Å².